The van der Waals surface area contributed by atoms with E-state index in [0.29, 0.717) is 0 Å². The second kappa shape index (κ2) is 7.47. The van der Waals surface area contributed by atoms with E-state index in [9.17, 15) is 19.8 Å². The fourth-order valence-corrected chi connectivity index (χ4v) is 2.42. The normalized spacial score (nSPS) is 27.2. The number of aromatic amines is 1. The molecule has 0 amide bonds. The number of thiophene rings is 1. The third-order valence-corrected chi connectivity index (χ3v) is 3.70. The van der Waals surface area contributed by atoms with E-state index in [1.807, 2.05) is 27.9 Å². The molecule has 3 heterocycles. The van der Waals surface area contributed by atoms with E-state index in [1.165, 1.54) is 0 Å². The third kappa shape index (κ3) is 3.70. The molecule has 9 heteroatoms. The molecule has 22 heavy (non-hydrogen) atoms. The Balaban J connectivity index is 0.000000299. The first-order chi connectivity index (χ1) is 10.5. The van der Waals surface area contributed by atoms with E-state index in [4.69, 9.17) is 9.84 Å². The Morgan fingerprint density at radius 3 is 2.36 bits per heavy atom. The molecule has 1 aliphatic heterocycles. The van der Waals surface area contributed by atoms with Gasteiger partial charge in [-0.15, -0.1) is 0 Å². The molecule has 2 aromatic rings. The first kappa shape index (κ1) is 16.6. The van der Waals surface area contributed by atoms with Gasteiger partial charge >= 0.3 is 5.69 Å². The molecule has 0 saturated carbocycles. The summed E-state index contributed by atoms with van der Waals surface area (Å²) in [5.41, 5.74) is -1.33. The van der Waals surface area contributed by atoms with Gasteiger partial charge in [-0.2, -0.15) is 11.3 Å². The summed E-state index contributed by atoms with van der Waals surface area (Å²) in [7, 11) is 0. The Labute approximate surface area is 128 Å². The lowest BCUT2D eigenvalue weighted by atomic mass is 10.1. The third-order valence-electron chi connectivity index (χ3n) is 3.07. The van der Waals surface area contributed by atoms with E-state index in [2.05, 4.69) is 0 Å². The molecule has 1 saturated heterocycles. The van der Waals surface area contributed by atoms with Crippen LogP contribution in [0.15, 0.2) is 44.7 Å². The Morgan fingerprint density at radius 1 is 1.23 bits per heavy atom. The maximum atomic E-state index is 11.4. The van der Waals surface area contributed by atoms with Crippen LogP contribution in [-0.2, 0) is 4.74 Å². The molecule has 0 unspecified atom stereocenters. The van der Waals surface area contributed by atoms with E-state index in [1.54, 1.807) is 11.3 Å². The fourth-order valence-electron chi connectivity index (χ4n) is 1.96. The van der Waals surface area contributed by atoms with Gasteiger partial charge in [0.1, 0.15) is 18.3 Å². The van der Waals surface area contributed by atoms with E-state index >= 15 is 0 Å². The van der Waals surface area contributed by atoms with Crippen LogP contribution in [-0.4, -0.2) is 49.8 Å². The summed E-state index contributed by atoms with van der Waals surface area (Å²) in [5, 5.41) is 32.2. The van der Waals surface area contributed by atoms with Crippen LogP contribution in [0.1, 0.15) is 6.23 Å². The van der Waals surface area contributed by atoms with Crippen molar-refractivity contribution in [2.24, 2.45) is 0 Å². The monoisotopic (exact) mass is 328 g/mol. The first-order valence-electron chi connectivity index (χ1n) is 6.45. The first-order valence-corrected chi connectivity index (χ1v) is 7.40. The van der Waals surface area contributed by atoms with Gasteiger partial charge in [-0.1, -0.05) is 12.1 Å². The van der Waals surface area contributed by atoms with Crippen LogP contribution >= 0.6 is 11.3 Å². The fraction of sp³-hybridized carbons (Fsp3) is 0.385. The minimum Gasteiger partial charge on any atom is -0.394 e. The van der Waals surface area contributed by atoms with E-state index < -0.39 is 42.4 Å². The summed E-state index contributed by atoms with van der Waals surface area (Å²) in [6.45, 7) is -0.479. The predicted molar refractivity (Wildman–Crippen MR) is 78.7 cm³/mol. The molecule has 0 spiro atoms. The highest BCUT2D eigenvalue weighted by atomic mass is 32.1. The number of rotatable bonds is 2. The van der Waals surface area contributed by atoms with Gasteiger partial charge < -0.3 is 20.1 Å². The summed E-state index contributed by atoms with van der Waals surface area (Å²) >= 11 is 1.71. The lowest BCUT2D eigenvalue weighted by molar-refractivity contribution is -0.0550. The molecule has 1 fully saturated rings. The minimum atomic E-state index is -1.35. The average Bonchev–Trinajstić information content (AvgIpc) is 3.14. The van der Waals surface area contributed by atoms with Crippen molar-refractivity contribution in [1.82, 2.24) is 9.55 Å². The SMILES string of the molecule is O=c1ccn([C@@H]2O[C@H](CO)[C@@H](O)[C@H]2O)c(=O)[nH]1.c1ccsc1. The lowest BCUT2D eigenvalue weighted by Gasteiger charge is -2.16. The van der Waals surface area contributed by atoms with Gasteiger partial charge in [-0.3, -0.25) is 14.3 Å². The number of nitrogens with one attached hydrogen (secondary N) is 1. The summed E-state index contributed by atoms with van der Waals surface area (Å²) in [6.07, 6.45) is -3.58. The average molecular weight is 328 g/mol. The van der Waals surface area contributed by atoms with Crippen molar-refractivity contribution < 1.29 is 20.1 Å². The van der Waals surface area contributed by atoms with Crippen molar-refractivity contribution in [2.45, 2.75) is 24.5 Å². The Kier molecular flexibility index (Phi) is 5.63. The molecule has 4 atom stereocenters. The number of hydrogen-bond acceptors (Lipinski definition) is 7. The van der Waals surface area contributed by atoms with Crippen molar-refractivity contribution in [3.63, 3.8) is 0 Å². The lowest BCUT2D eigenvalue weighted by Crippen LogP contribution is -2.37. The summed E-state index contributed by atoms with van der Waals surface area (Å²) in [5.74, 6) is 0. The summed E-state index contributed by atoms with van der Waals surface area (Å²) in [6, 6.07) is 5.13. The number of ether oxygens (including phenoxy) is 1. The maximum Gasteiger partial charge on any atom is 0.330 e. The number of aliphatic hydroxyl groups is 3. The highest BCUT2D eigenvalue weighted by molar-refractivity contribution is 7.07. The van der Waals surface area contributed by atoms with Gasteiger partial charge in [-0.25, -0.2) is 4.79 Å². The molecule has 8 nitrogen and oxygen atoms in total. The summed E-state index contributed by atoms with van der Waals surface area (Å²) < 4.78 is 6.08. The molecule has 0 aliphatic carbocycles. The topological polar surface area (TPSA) is 125 Å². The molecule has 0 aromatic carbocycles. The Bertz CT molecular complexity index is 665. The minimum absolute atomic E-state index is 0.479. The zero-order chi connectivity index (χ0) is 16.1. The zero-order valence-corrected chi connectivity index (χ0v) is 12.2. The molecular formula is C13H16N2O6S. The number of H-pyrrole nitrogens is 1. The maximum absolute atomic E-state index is 11.4. The molecule has 0 bridgehead atoms. The molecular weight excluding hydrogens is 312 g/mol. The molecule has 0 radical (unpaired) electrons. The van der Waals surface area contributed by atoms with Gasteiger partial charge in [0.2, 0.25) is 0 Å². The number of aromatic nitrogens is 2. The standard InChI is InChI=1S/C9H12N2O6.C4H4S/c12-3-4-6(14)7(15)8(17-4)11-2-1-5(13)10-9(11)16;1-2-4-5-3-1/h1-2,4,6-8,12,14-15H,3H2,(H,10,13,16);1-4H/t4-,6-,7-,8-;/m1./s1. The molecule has 1 aliphatic rings. The van der Waals surface area contributed by atoms with Gasteiger partial charge in [-0.05, 0) is 10.8 Å². The second-order valence-electron chi connectivity index (χ2n) is 4.54. The van der Waals surface area contributed by atoms with Crippen molar-refractivity contribution in [2.75, 3.05) is 6.61 Å². The van der Waals surface area contributed by atoms with Gasteiger partial charge in [0, 0.05) is 12.3 Å². The second-order valence-corrected chi connectivity index (χ2v) is 5.36. The molecule has 4 N–H and O–H groups in total. The van der Waals surface area contributed by atoms with Crippen LogP contribution in [0.4, 0.5) is 0 Å². The van der Waals surface area contributed by atoms with Crippen LogP contribution in [0.3, 0.4) is 0 Å². The van der Waals surface area contributed by atoms with Crippen LogP contribution < -0.4 is 11.2 Å². The molecule has 2 aromatic heterocycles. The van der Waals surface area contributed by atoms with Gasteiger partial charge in [0.05, 0.1) is 6.61 Å². The van der Waals surface area contributed by atoms with Crippen molar-refractivity contribution in [3.8, 4) is 0 Å². The van der Waals surface area contributed by atoms with E-state index in [0.717, 1.165) is 16.8 Å². The van der Waals surface area contributed by atoms with Crippen molar-refractivity contribution in [3.05, 3.63) is 56.0 Å². The van der Waals surface area contributed by atoms with Crippen LogP contribution in [0.25, 0.3) is 0 Å². The van der Waals surface area contributed by atoms with Crippen LogP contribution in [0.5, 0.6) is 0 Å². The summed E-state index contributed by atoms with van der Waals surface area (Å²) in [4.78, 5) is 24.3. The van der Waals surface area contributed by atoms with Crippen LogP contribution in [0, 0.1) is 0 Å². The highest BCUT2D eigenvalue weighted by Crippen LogP contribution is 2.27. The largest absolute Gasteiger partial charge is 0.394 e. The molecule has 120 valence electrons. The smallest absolute Gasteiger partial charge is 0.330 e. The van der Waals surface area contributed by atoms with Crippen molar-refractivity contribution in [1.29, 1.82) is 0 Å². The highest BCUT2D eigenvalue weighted by Gasteiger charge is 2.43. The number of hydrogen-bond donors (Lipinski definition) is 4. The number of aliphatic hydroxyl groups excluding tert-OH is 3. The van der Waals surface area contributed by atoms with Gasteiger partial charge in [0.15, 0.2) is 6.23 Å². The van der Waals surface area contributed by atoms with Crippen LogP contribution in [0.2, 0.25) is 0 Å². The van der Waals surface area contributed by atoms with Gasteiger partial charge in [0.25, 0.3) is 5.56 Å². The molecule has 3 rings (SSSR count). The zero-order valence-electron chi connectivity index (χ0n) is 11.4. The quantitative estimate of drug-likeness (QED) is 0.554. The van der Waals surface area contributed by atoms with Crippen molar-refractivity contribution >= 4 is 11.3 Å². The predicted octanol–water partition coefficient (Wildman–Crippen LogP) is -1.10. The van der Waals surface area contributed by atoms with E-state index in [-0.39, 0.29) is 0 Å². The number of nitrogens with zero attached hydrogens (tertiary/aromatic N) is 1. The Morgan fingerprint density at radius 2 is 1.91 bits per heavy atom. The Hall–Kier alpha value is -1.78.